The second-order valence-electron chi connectivity index (χ2n) is 7.90. The van der Waals surface area contributed by atoms with Crippen molar-refractivity contribution in [3.05, 3.63) is 97.1 Å². The van der Waals surface area contributed by atoms with Crippen LogP contribution in [0.5, 0.6) is 11.5 Å². The maximum absolute atomic E-state index is 6.25. The molecule has 6 aromatic rings. The van der Waals surface area contributed by atoms with Crippen molar-refractivity contribution in [2.75, 3.05) is 0 Å². The van der Waals surface area contributed by atoms with Gasteiger partial charge in [0.2, 0.25) is 0 Å². The molecule has 0 spiro atoms. The van der Waals surface area contributed by atoms with Crippen LogP contribution in [0, 0.1) is 0 Å². The van der Waals surface area contributed by atoms with Crippen LogP contribution in [0.4, 0.5) is 0 Å². The number of ether oxygens (including phenoxy) is 1. The number of hydrogen-bond acceptors (Lipinski definition) is 1. The highest BCUT2D eigenvalue weighted by Gasteiger charge is 2.20. The third-order valence-corrected chi connectivity index (χ3v) is 6.20. The van der Waals surface area contributed by atoms with Crippen molar-refractivity contribution in [1.29, 1.82) is 0 Å². The normalized spacial score (nSPS) is 12.3. The minimum atomic E-state index is 0.915. The van der Waals surface area contributed by atoms with Crippen LogP contribution in [0.25, 0.3) is 54.8 Å². The molecule has 0 bridgehead atoms. The maximum Gasteiger partial charge on any atom is 0.135 e. The Hall–Kier alpha value is -4.04. The van der Waals surface area contributed by atoms with E-state index in [2.05, 4.69) is 96.0 Å². The van der Waals surface area contributed by atoms with Gasteiger partial charge in [-0.05, 0) is 58.5 Å². The first kappa shape index (κ1) is 15.8. The molecule has 1 N–H and O–H groups in total. The number of aromatic nitrogens is 1. The molecule has 1 aromatic heterocycles. The molecule has 0 aliphatic carbocycles. The predicted octanol–water partition coefficient (Wildman–Crippen LogP) is 7.91. The average Bonchev–Trinajstić information content (AvgIpc) is 3.17. The zero-order chi connectivity index (χ0) is 19.7. The first-order valence-corrected chi connectivity index (χ1v) is 10.2. The maximum atomic E-state index is 6.25. The predicted molar refractivity (Wildman–Crippen MR) is 124 cm³/mol. The molecule has 2 heteroatoms. The average molecular weight is 383 g/mol. The number of fused-ring (bicyclic) bond motifs is 5. The van der Waals surface area contributed by atoms with E-state index < -0.39 is 0 Å². The highest BCUT2D eigenvalue weighted by Crippen LogP contribution is 2.47. The Morgan fingerprint density at radius 1 is 0.533 bits per heavy atom. The van der Waals surface area contributed by atoms with E-state index in [1.165, 1.54) is 49.3 Å². The molecule has 2 nitrogen and oxygen atoms in total. The van der Waals surface area contributed by atoms with E-state index in [4.69, 9.17) is 4.74 Å². The van der Waals surface area contributed by atoms with Crippen molar-refractivity contribution < 1.29 is 4.74 Å². The van der Waals surface area contributed by atoms with Crippen molar-refractivity contribution in [3.8, 4) is 33.8 Å². The fourth-order valence-corrected chi connectivity index (χ4v) is 4.77. The zero-order valence-electron chi connectivity index (χ0n) is 16.1. The van der Waals surface area contributed by atoms with Gasteiger partial charge in [-0.1, -0.05) is 60.7 Å². The fraction of sp³-hybridized carbons (Fsp3) is 0. The molecule has 0 unspecified atom stereocenters. The lowest BCUT2D eigenvalue weighted by atomic mass is 9.92. The minimum absolute atomic E-state index is 0.915. The molecule has 5 aromatic carbocycles. The summed E-state index contributed by atoms with van der Waals surface area (Å²) in [7, 11) is 0. The molecule has 0 amide bonds. The van der Waals surface area contributed by atoms with E-state index in [9.17, 15) is 0 Å². The van der Waals surface area contributed by atoms with Crippen LogP contribution < -0.4 is 4.74 Å². The van der Waals surface area contributed by atoms with Gasteiger partial charge in [-0.25, -0.2) is 0 Å². The van der Waals surface area contributed by atoms with Gasteiger partial charge in [-0.15, -0.1) is 0 Å². The topological polar surface area (TPSA) is 25.0 Å². The summed E-state index contributed by atoms with van der Waals surface area (Å²) >= 11 is 0. The highest BCUT2D eigenvalue weighted by molar-refractivity contribution is 6.09. The Kier molecular flexibility index (Phi) is 3.03. The van der Waals surface area contributed by atoms with E-state index >= 15 is 0 Å². The zero-order valence-corrected chi connectivity index (χ0v) is 16.1. The van der Waals surface area contributed by atoms with Crippen molar-refractivity contribution in [1.82, 2.24) is 4.98 Å². The number of benzene rings is 5. The van der Waals surface area contributed by atoms with Gasteiger partial charge in [0.1, 0.15) is 11.5 Å². The van der Waals surface area contributed by atoms with Crippen molar-refractivity contribution in [2.24, 2.45) is 0 Å². The Labute approximate surface area is 173 Å². The summed E-state index contributed by atoms with van der Waals surface area (Å²) in [6.07, 6.45) is 0. The Bertz CT molecular complexity index is 1620. The number of H-pyrrole nitrogens is 1. The molecule has 140 valence electrons. The van der Waals surface area contributed by atoms with Crippen molar-refractivity contribution >= 4 is 32.6 Å². The quantitative estimate of drug-likeness (QED) is 0.306. The smallest absolute Gasteiger partial charge is 0.135 e. The molecule has 0 atom stereocenters. The Morgan fingerprint density at radius 3 is 2.30 bits per heavy atom. The van der Waals surface area contributed by atoms with Crippen molar-refractivity contribution in [3.63, 3.8) is 0 Å². The molecular formula is C28H17NO. The lowest BCUT2D eigenvalue weighted by Gasteiger charge is -2.22. The Balaban J connectivity index is 1.45. The standard InChI is InChI=1S/C28H17NO/c1-2-9-24-20(7-1)22-15-18(11-13-25(22)29-24)19-12-14-26-23(16-19)21-8-3-5-17-6-4-10-27(30-26)28(17)21/h1-16,29H. The van der Waals surface area contributed by atoms with Crippen LogP contribution in [0.15, 0.2) is 97.1 Å². The lowest BCUT2D eigenvalue weighted by molar-refractivity contribution is 0.487. The Morgan fingerprint density at radius 2 is 1.33 bits per heavy atom. The summed E-state index contributed by atoms with van der Waals surface area (Å²) in [6, 6.07) is 34.3. The number of nitrogens with one attached hydrogen (secondary N) is 1. The van der Waals surface area contributed by atoms with Crippen LogP contribution in [0.1, 0.15) is 0 Å². The summed E-state index contributed by atoms with van der Waals surface area (Å²) < 4.78 is 6.25. The summed E-state index contributed by atoms with van der Waals surface area (Å²) in [5.41, 5.74) is 7.13. The molecule has 0 saturated heterocycles. The monoisotopic (exact) mass is 383 g/mol. The van der Waals surface area contributed by atoms with Crippen LogP contribution >= 0.6 is 0 Å². The van der Waals surface area contributed by atoms with Crippen LogP contribution in [0.3, 0.4) is 0 Å². The van der Waals surface area contributed by atoms with Crippen molar-refractivity contribution in [2.45, 2.75) is 0 Å². The van der Waals surface area contributed by atoms with Gasteiger partial charge < -0.3 is 9.72 Å². The number of rotatable bonds is 1. The lowest BCUT2D eigenvalue weighted by Crippen LogP contribution is -1.97. The van der Waals surface area contributed by atoms with E-state index in [0.29, 0.717) is 0 Å². The fourth-order valence-electron chi connectivity index (χ4n) is 4.77. The number of hydrogen-bond donors (Lipinski definition) is 1. The van der Waals surface area contributed by atoms with Gasteiger partial charge in [0, 0.05) is 32.8 Å². The molecule has 1 aliphatic heterocycles. The van der Waals surface area contributed by atoms with E-state index in [1.807, 2.05) is 6.07 Å². The molecule has 30 heavy (non-hydrogen) atoms. The number of aromatic amines is 1. The minimum Gasteiger partial charge on any atom is -0.456 e. The molecule has 2 heterocycles. The summed E-state index contributed by atoms with van der Waals surface area (Å²) in [5.74, 6) is 1.85. The van der Waals surface area contributed by atoms with Crippen LogP contribution in [-0.2, 0) is 0 Å². The molecule has 0 fully saturated rings. The van der Waals surface area contributed by atoms with E-state index in [-0.39, 0.29) is 0 Å². The highest BCUT2D eigenvalue weighted by atomic mass is 16.5. The second-order valence-corrected chi connectivity index (χ2v) is 7.90. The van der Waals surface area contributed by atoms with Gasteiger partial charge >= 0.3 is 0 Å². The first-order chi connectivity index (χ1) is 14.8. The SMILES string of the molecule is c1cc2c3c(cccc3c1)-c1cc(-c3ccc4[nH]c5ccccc5c4c3)ccc1O2. The third-order valence-electron chi connectivity index (χ3n) is 6.20. The summed E-state index contributed by atoms with van der Waals surface area (Å²) in [4.78, 5) is 3.51. The molecule has 0 saturated carbocycles. The largest absolute Gasteiger partial charge is 0.456 e. The van der Waals surface area contributed by atoms with Gasteiger partial charge in [0.15, 0.2) is 0 Å². The van der Waals surface area contributed by atoms with Crippen LogP contribution in [-0.4, -0.2) is 4.98 Å². The number of para-hydroxylation sites is 1. The molecule has 7 rings (SSSR count). The molecule has 1 aliphatic rings. The first-order valence-electron chi connectivity index (χ1n) is 10.2. The van der Waals surface area contributed by atoms with E-state index in [0.717, 1.165) is 17.1 Å². The van der Waals surface area contributed by atoms with Gasteiger partial charge in [0.25, 0.3) is 0 Å². The molecular weight excluding hydrogens is 366 g/mol. The van der Waals surface area contributed by atoms with Gasteiger partial charge in [0.05, 0.1) is 0 Å². The summed E-state index contributed by atoms with van der Waals surface area (Å²) in [6.45, 7) is 0. The second kappa shape index (κ2) is 5.74. The third kappa shape index (κ3) is 2.13. The van der Waals surface area contributed by atoms with Gasteiger partial charge in [-0.3, -0.25) is 0 Å². The van der Waals surface area contributed by atoms with E-state index in [1.54, 1.807) is 0 Å². The summed E-state index contributed by atoms with van der Waals surface area (Å²) in [5, 5.41) is 4.91. The molecule has 0 radical (unpaired) electrons. The van der Waals surface area contributed by atoms with Gasteiger partial charge in [-0.2, -0.15) is 0 Å². The van der Waals surface area contributed by atoms with Crippen LogP contribution in [0.2, 0.25) is 0 Å².